The number of esters is 1. The van der Waals surface area contributed by atoms with Crippen molar-refractivity contribution in [2.45, 2.75) is 341 Å². The van der Waals surface area contributed by atoms with E-state index in [2.05, 4.69) is 55.6 Å². The van der Waals surface area contributed by atoms with E-state index in [1.807, 2.05) is 0 Å². The molecular weight excluding hydrogens is 851 g/mol. The van der Waals surface area contributed by atoms with Crippen molar-refractivity contribution in [1.82, 2.24) is 5.32 Å². The number of rotatable bonds is 57. The van der Waals surface area contributed by atoms with Crippen molar-refractivity contribution in [1.29, 1.82) is 0 Å². The smallest absolute Gasteiger partial charge is 0.305 e. The highest BCUT2D eigenvalue weighted by Crippen LogP contribution is 2.18. The first-order valence-corrected chi connectivity index (χ1v) is 30.7. The molecule has 2 unspecified atom stereocenters. The lowest BCUT2D eigenvalue weighted by Crippen LogP contribution is -2.45. The van der Waals surface area contributed by atoms with Crippen molar-refractivity contribution in [2.75, 3.05) is 13.2 Å². The number of carbonyl (C=O) groups excluding carboxylic acids is 2. The van der Waals surface area contributed by atoms with E-state index in [0.717, 1.165) is 83.5 Å². The summed E-state index contributed by atoms with van der Waals surface area (Å²) in [4.78, 5) is 24.5. The van der Waals surface area contributed by atoms with Gasteiger partial charge < -0.3 is 20.3 Å². The fourth-order valence-electron chi connectivity index (χ4n) is 9.44. The minimum atomic E-state index is -0.677. The first kappa shape index (κ1) is 67.1. The molecule has 0 bridgehead atoms. The van der Waals surface area contributed by atoms with E-state index < -0.39 is 12.1 Å². The zero-order valence-corrected chi connectivity index (χ0v) is 46.3. The van der Waals surface area contributed by atoms with Crippen LogP contribution in [0.15, 0.2) is 36.5 Å². The fourth-order valence-corrected chi connectivity index (χ4v) is 9.44. The summed E-state index contributed by atoms with van der Waals surface area (Å²) in [5.41, 5.74) is 0. The Hall–Kier alpha value is -1.92. The van der Waals surface area contributed by atoms with Crippen LogP contribution >= 0.6 is 0 Å². The summed E-state index contributed by atoms with van der Waals surface area (Å²) in [6, 6.07) is -0.555. The predicted molar refractivity (Wildman–Crippen MR) is 301 cm³/mol. The van der Waals surface area contributed by atoms with Crippen molar-refractivity contribution >= 4 is 11.9 Å². The van der Waals surface area contributed by atoms with Gasteiger partial charge in [-0.15, -0.1) is 0 Å². The molecule has 69 heavy (non-hydrogen) atoms. The molecule has 1 amide bonds. The molecule has 0 aromatic heterocycles. The molecule has 0 saturated carbocycles. The summed E-state index contributed by atoms with van der Waals surface area (Å²) in [5.74, 6) is -0.0730. The Kier molecular flexibility index (Phi) is 57.0. The van der Waals surface area contributed by atoms with Crippen LogP contribution in [-0.2, 0) is 14.3 Å². The standard InChI is InChI=1S/C63H119NO5/c1-3-5-7-9-11-13-15-17-18-19-20-21-22-23-24-25-26-28-32-35-39-43-47-51-55-61(66)60(59-65)64-62(67)56-52-48-44-40-36-33-29-27-30-34-38-42-46-50-54-58-69-63(68)57-53-49-45-41-37-31-16-14-12-10-8-6-4-2/h8,10,14,16,30,34,60-61,65-66H,3-7,9,11-13,15,17-29,31-33,35-59H2,1-2H3,(H,64,67)/b10-8-,16-14-,34-30-. The maximum atomic E-state index is 12.5. The molecule has 6 heteroatoms. The molecule has 0 aromatic carbocycles. The first-order valence-electron chi connectivity index (χ1n) is 30.7. The fraction of sp³-hybridized carbons (Fsp3) is 0.873. The van der Waals surface area contributed by atoms with Gasteiger partial charge in [-0.2, -0.15) is 0 Å². The lowest BCUT2D eigenvalue weighted by atomic mass is 10.0. The summed E-state index contributed by atoms with van der Waals surface area (Å²) < 4.78 is 5.45. The van der Waals surface area contributed by atoms with E-state index in [-0.39, 0.29) is 18.5 Å². The van der Waals surface area contributed by atoms with E-state index in [4.69, 9.17) is 4.74 Å². The lowest BCUT2D eigenvalue weighted by Gasteiger charge is -2.22. The average molecular weight is 971 g/mol. The van der Waals surface area contributed by atoms with Crippen LogP contribution in [0.4, 0.5) is 0 Å². The van der Waals surface area contributed by atoms with Crippen LogP contribution in [0.3, 0.4) is 0 Å². The summed E-state index contributed by atoms with van der Waals surface area (Å²) in [5, 5.41) is 23.4. The molecule has 0 saturated heterocycles. The number of hydrogen-bond acceptors (Lipinski definition) is 5. The molecule has 0 aromatic rings. The van der Waals surface area contributed by atoms with Crippen molar-refractivity contribution in [3.8, 4) is 0 Å². The van der Waals surface area contributed by atoms with Crippen LogP contribution in [0.5, 0.6) is 0 Å². The average Bonchev–Trinajstić information content (AvgIpc) is 3.35. The van der Waals surface area contributed by atoms with Crippen molar-refractivity contribution in [3.63, 3.8) is 0 Å². The molecule has 0 radical (unpaired) electrons. The molecule has 0 aliphatic heterocycles. The van der Waals surface area contributed by atoms with Crippen LogP contribution in [0, 0.1) is 0 Å². The summed E-state index contributed by atoms with van der Waals surface area (Å²) >= 11 is 0. The second-order valence-electron chi connectivity index (χ2n) is 21.0. The monoisotopic (exact) mass is 970 g/mol. The van der Waals surface area contributed by atoms with Crippen molar-refractivity contribution < 1.29 is 24.5 Å². The number of aliphatic hydroxyl groups excluding tert-OH is 2. The quantitative estimate of drug-likeness (QED) is 0.0321. The second-order valence-corrected chi connectivity index (χ2v) is 21.0. The second kappa shape index (κ2) is 58.6. The number of ether oxygens (including phenoxy) is 1. The van der Waals surface area contributed by atoms with Crippen molar-refractivity contribution in [3.05, 3.63) is 36.5 Å². The third-order valence-electron chi connectivity index (χ3n) is 14.1. The number of hydrogen-bond donors (Lipinski definition) is 3. The van der Waals surface area contributed by atoms with Crippen LogP contribution in [0.1, 0.15) is 328 Å². The van der Waals surface area contributed by atoms with Gasteiger partial charge in [0.05, 0.1) is 25.4 Å². The highest BCUT2D eigenvalue weighted by molar-refractivity contribution is 5.76. The predicted octanol–water partition coefficient (Wildman–Crippen LogP) is 19.2. The molecular formula is C63H119NO5. The van der Waals surface area contributed by atoms with Gasteiger partial charge in [0.2, 0.25) is 5.91 Å². The third kappa shape index (κ3) is 55.2. The van der Waals surface area contributed by atoms with E-state index in [1.165, 1.54) is 212 Å². The summed E-state index contributed by atoms with van der Waals surface area (Å²) in [6.45, 7) is 4.86. The van der Waals surface area contributed by atoms with Gasteiger partial charge in [-0.05, 0) is 77.0 Å². The summed E-state index contributed by atoms with van der Waals surface area (Å²) in [7, 11) is 0. The van der Waals surface area contributed by atoms with Crippen LogP contribution in [0.25, 0.3) is 0 Å². The van der Waals surface area contributed by atoms with E-state index in [0.29, 0.717) is 25.9 Å². The van der Waals surface area contributed by atoms with E-state index in [9.17, 15) is 19.8 Å². The van der Waals surface area contributed by atoms with E-state index >= 15 is 0 Å². The molecule has 406 valence electrons. The molecule has 6 nitrogen and oxygen atoms in total. The zero-order valence-electron chi connectivity index (χ0n) is 46.3. The summed E-state index contributed by atoms with van der Waals surface area (Å²) in [6.07, 6.45) is 72.9. The third-order valence-corrected chi connectivity index (χ3v) is 14.1. The Morgan fingerprint density at radius 2 is 0.754 bits per heavy atom. The molecule has 0 heterocycles. The highest BCUT2D eigenvalue weighted by Gasteiger charge is 2.20. The van der Waals surface area contributed by atoms with Gasteiger partial charge in [-0.1, -0.05) is 275 Å². The number of amides is 1. The SMILES string of the molecule is CCC/C=C\C/C=C\CCCCCCCC(=O)OCCCCCC/C=C\CCCCCCCCCC(=O)NC(CO)C(O)CCCCCCCCCCCCCCCCCCCCCCCCCC. The van der Waals surface area contributed by atoms with Gasteiger partial charge in [-0.3, -0.25) is 9.59 Å². The molecule has 0 aliphatic rings. The van der Waals surface area contributed by atoms with Crippen LogP contribution in [-0.4, -0.2) is 47.4 Å². The molecule has 0 fully saturated rings. The van der Waals surface area contributed by atoms with Gasteiger partial charge in [0, 0.05) is 12.8 Å². The van der Waals surface area contributed by atoms with Gasteiger partial charge in [0.25, 0.3) is 0 Å². The van der Waals surface area contributed by atoms with Crippen LogP contribution < -0.4 is 5.32 Å². The van der Waals surface area contributed by atoms with Gasteiger partial charge >= 0.3 is 5.97 Å². The number of aliphatic hydroxyl groups is 2. The van der Waals surface area contributed by atoms with Crippen molar-refractivity contribution in [2.24, 2.45) is 0 Å². The van der Waals surface area contributed by atoms with Gasteiger partial charge in [0.1, 0.15) is 0 Å². The number of nitrogens with one attached hydrogen (secondary N) is 1. The first-order chi connectivity index (χ1) is 34.0. The van der Waals surface area contributed by atoms with E-state index in [1.54, 1.807) is 0 Å². The Bertz CT molecular complexity index is 1120. The molecule has 0 rings (SSSR count). The van der Waals surface area contributed by atoms with Crippen LogP contribution in [0.2, 0.25) is 0 Å². The molecule has 3 N–H and O–H groups in total. The molecule has 0 spiro atoms. The van der Waals surface area contributed by atoms with Gasteiger partial charge in [0.15, 0.2) is 0 Å². The Balaban J connectivity index is 3.47. The number of unbranched alkanes of at least 4 members (excludes halogenated alkanes) is 40. The number of allylic oxidation sites excluding steroid dienone is 6. The molecule has 0 aliphatic carbocycles. The largest absolute Gasteiger partial charge is 0.466 e. The highest BCUT2D eigenvalue weighted by atomic mass is 16.5. The Labute approximate surface area is 430 Å². The maximum Gasteiger partial charge on any atom is 0.305 e. The topological polar surface area (TPSA) is 95.9 Å². The van der Waals surface area contributed by atoms with Gasteiger partial charge in [-0.25, -0.2) is 0 Å². The Morgan fingerprint density at radius 3 is 1.17 bits per heavy atom. The normalized spacial score (nSPS) is 12.8. The maximum absolute atomic E-state index is 12.5. The Morgan fingerprint density at radius 1 is 0.406 bits per heavy atom. The molecule has 2 atom stereocenters. The number of carbonyl (C=O) groups is 2. The lowest BCUT2D eigenvalue weighted by molar-refractivity contribution is -0.143. The zero-order chi connectivity index (χ0) is 50.0. The minimum Gasteiger partial charge on any atom is -0.466 e. The minimum absolute atomic E-state index is 0.0249.